The monoisotopic (exact) mass is 238 g/mol. The van der Waals surface area contributed by atoms with Crippen LogP contribution in [0, 0.1) is 5.82 Å². The van der Waals surface area contributed by atoms with Gasteiger partial charge in [0.05, 0.1) is 0 Å². The Kier molecular flexibility index (Phi) is 5.10. The van der Waals surface area contributed by atoms with E-state index in [2.05, 4.69) is 5.32 Å². The van der Waals surface area contributed by atoms with Gasteiger partial charge in [-0.25, -0.2) is 4.39 Å². The molecule has 2 atom stereocenters. The number of carbonyl (C=O) groups is 1. The molecule has 0 radical (unpaired) electrons. The van der Waals surface area contributed by atoms with E-state index in [-0.39, 0.29) is 23.8 Å². The van der Waals surface area contributed by atoms with Crippen LogP contribution in [0.25, 0.3) is 0 Å². The number of benzene rings is 1. The van der Waals surface area contributed by atoms with Crippen LogP contribution in [0.5, 0.6) is 0 Å². The Bertz CT molecular complexity index is 362. The van der Waals surface area contributed by atoms with Crippen LogP contribution in [0.2, 0.25) is 0 Å². The molecule has 0 fully saturated rings. The fourth-order valence-corrected chi connectivity index (χ4v) is 1.65. The Morgan fingerprint density at radius 2 is 1.94 bits per heavy atom. The van der Waals surface area contributed by atoms with Crippen LogP contribution in [-0.4, -0.2) is 18.0 Å². The second-order valence-corrected chi connectivity index (χ2v) is 4.48. The van der Waals surface area contributed by atoms with E-state index in [4.69, 9.17) is 5.73 Å². The van der Waals surface area contributed by atoms with Crippen molar-refractivity contribution in [1.29, 1.82) is 0 Å². The molecule has 17 heavy (non-hydrogen) atoms. The minimum atomic E-state index is -0.248. The van der Waals surface area contributed by atoms with Crippen LogP contribution in [0.3, 0.4) is 0 Å². The van der Waals surface area contributed by atoms with Crippen molar-refractivity contribution in [2.45, 2.75) is 38.8 Å². The number of hydrogen-bond acceptors (Lipinski definition) is 2. The maximum atomic E-state index is 12.7. The van der Waals surface area contributed by atoms with Gasteiger partial charge >= 0.3 is 0 Å². The molecular weight excluding hydrogens is 219 g/mol. The van der Waals surface area contributed by atoms with Gasteiger partial charge in [-0.3, -0.25) is 4.79 Å². The maximum Gasteiger partial charge on any atom is 0.221 e. The lowest BCUT2D eigenvalue weighted by Crippen LogP contribution is -2.37. The molecular formula is C13H19FN2O. The zero-order valence-electron chi connectivity index (χ0n) is 10.2. The first kappa shape index (κ1) is 13.6. The van der Waals surface area contributed by atoms with E-state index >= 15 is 0 Å². The van der Waals surface area contributed by atoms with E-state index in [1.54, 1.807) is 19.1 Å². The van der Waals surface area contributed by atoms with Crippen LogP contribution in [-0.2, 0) is 11.2 Å². The first-order valence-electron chi connectivity index (χ1n) is 5.76. The highest BCUT2D eigenvalue weighted by molar-refractivity contribution is 5.76. The third-order valence-corrected chi connectivity index (χ3v) is 2.37. The zero-order chi connectivity index (χ0) is 12.8. The molecule has 94 valence electrons. The predicted molar refractivity (Wildman–Crippen MR) is 66.0 cm³/mol. The topological polar surface area (TPSA) is 55.1 Å². The molecule has 3 N–H and O–H groups in total. The van der Waals surface area contributed by atoms with Crippen molar-refractivity contribution in [1.82, 2.24) is 5.32 Å². The number of nitrogens with one attached hydrogen (secondary N) is 1. The fraction of sp³-hybridized carbons (Fsp3) is 0.462. The van der Waals surface area contributed by atoms with E-state index in [0.29, 0.717) is 12.8 Å². The molecule has 1 aromatic carbocycles. The molecule has 4 heteroatoms. The summed E-state index contributed by atoms with van der Waals surface area (Å²) in [6.07, 6.45) is 1.01. The Balaban J connectivity index is 2.41. The van der Waals surface area contributed by atoms with E-state index in [1.165, 1.54) is 12.1 Å². The van der Waals surface area contributed by atoms with Crippen LogP contribution >= 0.6 is 0 Å². The van der Waals surface area contributed by atoms with Crippen molar-refractivity contribution in [3.8, 4) is 0 Å². The largest absolute Gasteiger partial charge is 0.353 e. The first-order valence-corrected chi connectivity index (χ1v) is 5.76. The van der Waals surface area contributed by atoms with Gasteiger partial charge in [0.2, 0.25) is 5.91 Å². The number of amides is 1. The van der Waals surface area contributed by atoms with Crippen LogP contribution in [0.4, 0.5) is 4.39 Å². The molecule has 1 amide bonds. The summed E-state index contributed by atoms with van der Waals surface area (Å²) in [5.41, 5.74) is 6.54. The van der Waals surface area contributed by atoms with Crippen LogP contribution in [0.1, 0.15) is 25.8 Å². The first-order chi connectivity index (χ1) is 7.97. The fourth-order valence-electron chi connectivity index (χ4n) is 1.65. The Labute approximate surface area is 101 Å². The van der Waals surface area contributed by atoms with Crippen molar-refractivity contribution >= 4 is 5.91 Å². The molecule has 0 heterocycles. The van der Waals surface area contributed by atoms with Gasteiger partial charge in [-0.15, -0.1) is 0 Å². The van der Waals surface area contributed by atoms with Gasteiger partial charge in [0.25, 0.3) is 0 Å². The van der Waals surface area contributed by atoms with Gasteiger partial charge in [-0.1, -0.05) is 12.1 Å². The molecule has 0 bridgehead atoms. The molecule has 0 aliphatic heterocycles. The lowest BCUT2D eigenvalue weighted by Gasteiger charge is -2.14. The summed E-state index contributed by atoms with van der Waals surface area (Å²) in [5.74, 6) is -0.294. The van der Waals surface area contributed by atoms with Gasteiger partial charge in [-0.05, 0) is 38.0 Å². The highest BCUT2D eigenvalue weighted by atomic mass is 19.1. The molecule has 0 saturated carbocycles. The molecule has 0 saturated heterocycles. The zero-order valence-corrected chi connectivity index (χ0v) is 10.2. The third kappa shape index (κ3) is 5.45. The molecule has 0 spiro atoms. The minimum Gasteiger partial charge on any atom is -0.353 e. The van der Waals surface area contributed by atoms with Gasteiger partial charge in [0.15, 0.2) is 0 Å². The van der Waals surface area contributed by atoms with Crippen molar-refractivity contribution < 1.29 is 9.18 Å². The summed E-state index contributed by atoms with van der Waals surface area (Å²) in [6, 6.07) is 6.19. The SMILES string of the molecule is CC(N)CC(=O)NC(C)Cc1ccc(F)cc1. The van der Waals surface area contributed by atoms with Crippen molar-refractivity contribution in [2.75, 3.05) is 0 Å². The molecule has 3 nitrogen and oxygen atoms in total. The quantitative estimate of drug-likeness (QED) is 0.818. The number of carbonyl (C=O) groups excluding carboxylic acids is 1. The Morgan fingerprint density at radius 3 is 2.47 bits per heavy atom. The lowest BCUT2D eigenvalue weighted by atomic mass is 10.1. The molecule has 1 aromatic rings. The van der Waals surface area contributed by atoms with Gasteiger partial charge < -0.3 is 11.1 Å². The molecule has 0 aliphatic carbocycles. The van der Waals surface area contributed by atoms with E-state index < -0.39 is 0 Å². The molecule has 0 aliphatic rings. The van der Waals surface area contributed by atoms with E-state index in [0.717, 1.165) is 5.56 Å². The van der Waals surface area contributed by atoms with Gasteiger partial charge in [-0.2, -0.15) is 0 Å². The van der Waals surface area contributed by atoms with Crippen LogP contribution in [0.15, 0.2) is 24.3 Å². The van der Waals surface area contributed by atoms with Crippen LogP contribution < -0.4 is 11.1 Å². The van der Waals surface area contributed by atoms with E-state index in [9.17, 15) is 9.18 Å². The summed E-state index contributed by atoms with van der Waals surface area (Å²) < 4.78 is 12.7. The summed E-state index contributed by atoms with van der Waals surface area (Å²) in [4.78, 5) is 11.5. The molecule has 2 unspecified atom stereocenters. The number of halogens is 1. The maximum absolute atomic E-state index is 12.7. The highest BCUT2D eigenvalue weighted by Crippen LogP contribution is 2.05. The molecule has 1 rings (SSSR count). The average molecular weight is 238 g/mol. The van der Waals surface area contributed by atoms with Gasteiger partial charge in [0, 0.05) is 18.5 Å². The van der Waals surface area contributed by atoms with Gasteiger partial charge in [0.1, 0.15) is 5.82 Å². The van der Waals surface area contributed by atoms with Crippen molar-refractivity contribution in [3.63, 3.8) is 0 Å². The lowest BCUT2D eigenvalue weighted by molar-refractivity contribution is -0.121. The van der Waals surface area contributed by atoms with Crippen molar-refractivity contribution in [3.05, 3.63) is 35.6 Å². The summed E-state index contributed by atoms with van der Waals surface area (Å²) in [5, 5.41) is 2.86. The third-order valence-electron chi connectivity index (χ3n) is 2.37. The second kappa shape index (κ2) is 6.35. The number of hydrogen-bond donors (Lipinski definition) is 2. The number of nitrogens with two attached hydrogens (primary N) is 1. The summed E-state index contributed by atoms with van der Waals surface area (Å²) >= 11 is 0. The standard InChI is InChI=1S/C13H19FN2O/c1-9(15)7-13(17)16-10(2)8-11-3-5-12(14)6-4-11/h3-6,9-10H,7-8,15H2,1-2H3,(H,16,17). The Morgan fingerprint density at radius 1 is 1.35 bits per heavy atom. The number of rotatable bonds is 5. The Hall–Kier alpha value is -1.42. The average Bonchev–Trinajstić information content (AvgIpc) is 2.19. The van der Waals surface area contributed by atoms with Crippen molar-refractivity contribution in [2.24, 2.45) is 5.73 Å². The molecule has 0 aromatic heterocycles. The highest BCUT2D eigenvalue weighted by Gasteiger charge is 2.09. The van der Waals surface area contributed by atoms with E-state index in [1.807, 2.05) is 6.92 Å². The summed E-state index contributed by atoms with van der Waals surface area (Å²) in [7, 11) is 0. The summed E-state index contributed by atoms with van der Waals surface area (Å²) in [6.45, 7) is 3.71. The second-order valence-electron chi connectivity index (χ2n) is 4.48. The predicted octanol–water partition coefficient (Wildman–Crippen LogP) is 1.61. The smallest absolute Gasteiger partial charge is 0.221 e. The normalized spacial score (nSPS) is 14.1. The minimum absolute atomic E-state index is 0.0201.